The highest BCUT2D eigenvalue weighted by Gasteiger charge is 2.34. The molecule has 0 aliphatic carbocycles. The van der Waals surface area contributed by atoms with E-state index in [1.165, 1.54) is 16.2 Å². The molecule has 1 unspecified atom stereocenters. The third kappa shape index (κ3) is 3.00. The number of halogens is 2. The Balaban J connectivity index is 2.14. The first-order valence-corrected chi connectivity index (χ1v) is 8.64. The number of alkyl halides is 2. The first-order chi connectivity index (χ1) is 8.74. The maximum Gasteiger partial charge on any atom is 0.0291 e. The van der Waals surface area contributed by atoms with Crippen LogP contribution in [0.3, 0.4) is 0 Å². The molecule has 3 heteroatoms. The Morgan fingerprint density at radius 3 is 2.67 bits per heavy atom. The maximum atomic E-state index is 6.22. The smallest absolute Gasteiger partial charge is 0.0291 e. The molecule has 0 saturated carbocycles. The van der Waals surface area contributed by atoms with Gasteiger partial charge >= 0.3 is 0 Å². The molecule has 0 N–H and O–H groups in total. The molecule has 100 valence electrons. The zero-order chi connectivity index (χ0) is 13.0. The predicted octanol–water partition coefficient (Wildman–Crippen LogP) is 5.53. The standard InChI is InChI=1S/C15H20Cl2S/c1-2-7-15(10-16,11-17)8-12-9-18-14-6-4-3-5-13(12)14/h3-6,12H,2,7-11H2,1H3. The molecule has 1 aliphatic heterocycles. The van der Waals surface area contributed by atoms with Crippen LogP contribution in [0.2, 0.25) is 0 Å². The highest BCUT2D eigenvalue weighted by atomic mass is 35.5. The Bertz CT molecular complexity index is 388. The minimum Gasteiger partial charge on any atom is -0.126 e. The molecule has 1 aliphatic rings. The average molecular weight is 303 g/mol. The van der Waals surface area contributed by atoms with Gasteiger partial charge in [-0.25, -0.2) is 0 Å². The van der Waals surface area contributed by atoms with E-state index in [1.807, 2.05) is 11.8 Å². The number of rotatable bonds is 6. The van der Waals surface area contributed by atoms with Crippen LogP contribution in [0.4, 0.5) is 0 Å². The van der Waals surface area contributed by atoms with E-state index in [4.69, 9.17) is 23.2 Å². The molecule has 1 aromatic carbocycles. The summed E-state index contributed by atoms with van der Waals surface area (Å²) in [7, 11) is 0. The van der Waals surface area contributed by atoms with Gasteiger partial charge in [-0.1, -0.05) is 31.5 Å². The van der Waals surface area contributed by atoms with Crippen LogP contribution in [-0.4, -0.2) is 17.5 Å². The van der Waals surface area contributed by atoms with Crippen LogP contribution in [0.1, 0.15) is 37.7 Å². The minimum absolute atomic E-state index is 0.112. The third-order valence-corrected chi connectivity index (χ3v) is 6.21. The largest absolute Gasteiger partial charge is 0.126 e. The van der Waals surface area contributed by atoms with E-state index in [1.54, 1.807) is 0 Å². The zero-order valence-corrected chi connectivity index (χ0v) is 13.1. The van der Waals surface area contributed by atoms with Gasteiger partial charge in [0.05, 0.1) is 0 Å². The van der Waals surface area contributed by atoms with E-state index in [2.05, 4.69) is 31.2 Å². The van der Waals surface area contributed by atoms with E-state index >= 15 is 0 Å². The van der Waals surface area contributed by atoms with Gasteiger partial charge in [-0.2, -0.15) is 0 Å². The Kier molecular flexibility index (Phi) is 5.29. The average Bonchev–Trinajstić information content (AvgIpc) is 2.81. The van der Waals surface area contributed by atoms with Gasteiger partial charge in [-0.3, -0.25) is 0 Å². The minimum atomic E-state index is 0.112. The van der Waals surface area contributed by atoms with Crippen molar-refractivity contribution < 1.29 is 0 Å². The first-order valence-electron chi connectivity index (χ1n) is 6.58. The van der Waals surface area contributed by atoms with Gasteiger partial charge in [0.25, 0.3) is 0 Å². The summed E-state index contributed by atoms with van der Waals surface area (Å²) < 4.78 is 0. The Labute approximate surface area is 124 Å². The molecular formula is C15H20Cl2S. The fourth-order valence-corrected chi connectivity index (χ4v) is 4.86. The van der Waals surface area contributed by atoms with E-state index in [0.717, 1.165) is 19.3 Å². The van der Waals surface area contributed by atoms with Gasteiger partial charge in [-0.05, 0) is 35.8 Å². The summed E-state index contributed by atoms with van der Waals surface area (Å²) in [5.41, 5.74) is 1.61. The molecule has 18 heavy (non-hydrogen) atoms. The second kappa shape index (κ2) is 6.54. The van der Waals surface area contributed by atoms with Gasteiger partial charge in [-0.15, -0.1) is 35.0 Å². The molecule has 2 rings (SSSR count). The molecule has 0 spiro atoms. The van der Waals surface area contributed by atoms with Gasteiger partial charge < -0.3 is 0 Å². The molecule has 0 nitrogen and oxygen atoms in total. The lowest BCUT2D eigenvalue weighted by Gasteiger charge is -2.32. The Morgan fingerprint density at radius 2 is 2.00 bits per heavy atom. The second-order valence-electron chi connectivity index (χ2n) is 5.27. The van der Waals surface area contributed by atoms with Crippen molar-refractivity contribution in [1.82, 2.24) is 0 Å². The molecule has 0 fully saturated rings. The van der Waals surface area contributed by atoms with Gasteiger partial charge in [0.15, 0.2) is 0 Å². The maximum absolute atomic E-state index is 6.22. The van der Waals surface area contributed by atoms with Gasteiger partial charge in [0.2, 0.25) is 0 Å². The summed E-state index contributed by atoms with van der Waals surface area (Å²) in [5, 5.41) is 0. The predicted molar refractivity (Wildman–Crippen MR) is 83.3 cm³/mol. The fourth-order valence-electron chi connectivity index (χ4n) is 2.83. The lowest BCUT2D eigenvalue weighted by Crippen LogP contribution is -2.27. The Hall–Kier alpha value is 0.150. The molecule has 0 amide bonds. The van der Waals surface area contributed by atoms with Crippen LogP contribution >= 0.6 is 35.0 Å². The van der Waals surface area contributed by atoms with Crippen molar-refractivity contribution in [2.45, 2.75) is 37.0 Å². The van der Waals surface area contributed by atoms with E-state index in [9.17, 15) is 0 Å². The monoisotopic (exact) mass is 302 g/mol. The number of thioether (sulfide) groups is 1. The summed E-state index contributed by atoms with van der Waals surface area (Å²) >= 11 is 14.4. The van der Waals surface area contributed by atoms with Crippen molar-refractivity contribution in [2.75, 3.05) is 17.5 Å². The van der Waals surface area contributed by atoms with Crippen molar-refractivity contribution >= 4 is 35.0 Å². The van der Waals surface area contributed by atoms with Crippen LogP contribution < -0.4 is 0 Å². The van der Waals surface area contributed by atoms with E-state index in [0.29, 0.717) is 17.7 Å². The van der Waals surface area contributed by atoms with Crippen molar-refractivity contribution in [3.63, 3.8) is 0 Å². The lowest BCUT2D eigenvalue weighted by atomic mass is 9.77. The van der Waals surface area contributed by atoms with Crippen molar-refractivity contribution in [1.29, 1.82) is 0 Å². The molecule has 0 aromatic heterocycles. The number of hydrogen-bond donors (Lipinski definition) is 0. The van der Waals surface area contributed by atoms with Crippen molar-refractivity contribution in [3.8, 4) is 0 Å². The molecular weight excluding hydrogens is 283 g/mol. The summed E-state index contributed by atoms with van der Waals surface area (Å²) in [6.45, 7) is 2.21. The summed E-state index contributed by atoms with van der Waals surface area (Å²) in [5.74, 6) is 3.15. The number of benzene rings is 1. The zero-order valence-electron chi connectivity index (χ0n) is 10.8. The van der Waals surface area contributed by atoms with Crippen molar-refractivity contribution in [2.24, 2.45) is 5.41 Å². The second-order valence-corrected chi connectivity index (χ2v) is 6.86. The summed E-state index contributed by atoms with van der Waals surface area (Å²) in [4.78, 5) is 1.44. The van der Waals surface area contributed by atoms with Gasteiger partial charge in [0.1, 0.15) is 0 Å². The van der Waals surface area contributed by atoms with E-state index in [-0.39, 0.29) is 5.41 Å². The highest BCUT2D eigenvalue weighted by molar-refractivity contribution is 7.99. The number of fused-ring (bicyclic) bond motifs is 1. The highest BCUT2D eigenvalue weighted by Crippen LogP contribution is 2.46. The molecule has 0 saturated heterocycles. The normalized spacial score (nSPS) is 18.9. The number of hydrogen-bond acceptors (Lipinski definition) is 1. The van der Waals surface area contributed by atoms with E-state index < -0.39 is 0 Å². The van der Waals surface area contributed by atoms with Crippen LogP contribution in [0.15, 0.2) is 29.2 Å². The van der Waals surface area contributed by atoms with Crippen LogP contribution in [0, 0.1) is 5.41 Å². The van der Waals surface area contributed by atoms with Crippen LogP contribution in [0.25, 0.3) is 0 Å². The Morgan fingerprint density at radius 1 is 1.28 bits per heavy atom. The fraction of sp³-hybridized carbons (Fsp3) is 0.600. The molecule has 0 radical (unpaired) electrons. The molecule has 1 aromatic rings. The molecule has 0 bridgehead atoms. The summed E-state index contributed by atoms with van der Waals surface area (Å²) in [6.07, 6.45) is 3.40. The SMILES string of the molecule is CCCC(CCl)(CCl)CC1CSc2ccccc21. The summed E-state index contributed by atoms with van der Waals surface area (Å²) in [6, 6.07) is 8.75. The molecule has 1 heterocycles. The van der Waals surface area contributed by atoms with Crippen molar-refractivity contribution in [3.05, 3.63) is 29.8 Å². The van der Waals surface area contributed by atoms with Gasteiger partial charge in [0, 0.05) is 22.4 Å². The van der Waals surface area contributed by atoms with Crippen LogP contribution in [-0.2, 0) is 0 Å². The van der Waals surface area contributed by atoms with Crippen LogP contribution in [0.5, 0.6) is 0 Å². The first kappa shape index (κ1) is 14.6. The molecule has 1 atom stereocenters. The topological polar surface area (TPSA) is 0 Å². The third-order valence-electron chi connectivity index (χ3n) is 3.83. The quantitative estimate of drug-likeness (QED) is 0.623. The lowest BCUT2D eigenvalue weighted by molar-refractivity contribution is 0.296.